The van der Waals surface area contributed by atoms with Crippen molar-refractivity contribution in [3.63, 3.8) is 0 Å². The van der Waals surface area contributed by atoms with Crippen LogP contribution >= 0.6 is 0 Å². The zero-order chi connectivity index (χ0) is 17.1. The second kappa shape index (κ2) is 6.71. The van der Waals surface area contributed by atoms with Crippen molar-refractivity contribution >= 4 is 22.4 Å². The average Bonchev–Trinajstić information content (AvgIpc) is 2.56. The quantitative estimate of drug-likeness (QED) is 0.784. The van der Waals surface area contributed by atoms with Gasteiger partial charge in [-0.3, -0.25) is 9.78 Å². The van der Waals surface area contributed by atoms with Gasteiger partial charge in [0.05, 0.1) is 11.4 Å². The van der Waals surface area contributed by atoms with Crippen molar-refractivity contribution in [3.05, 3.63) is 65.5 Å². The molecule has 24 heavy (non-hydrogen) atoms. The van der Waals surface area contributed by atoms with Crippen LogP contribution in [-0.4, -0.2) is 17.5 Å². The molecule has 1 heterocycles. The van der Waals surface area contributed by atoms with Crippen LogP contribution in [0.1, 0.15) is 17.0 Å². The first-order valence-corrected chi connectivity index (χ1v) is 7.89. The van der Waals surface area contributed by atoms with E-state index in [9.17, 15) is 4.79 Å². The van der Waals surface area contributed by atoms with Gasteiger partial charge in [-0.05, 0) is 55.3 Å². The lowest BCUT2D eigenvalue weighted by atomic mass is 10.1. The van der Waals surface area contributed by atoms with E-state index in [0.717, 1.165) is 33.4 Å². The molecule has 0 saturated carbocycles. The highest BCUT2D eigenvalue weighted by Gasteiger charge is 2.10. The second-order valence-corrected chi connectivity index (χ2v) is 5.89. The Labute approximate surface area is 141 Å². The van der Waals surface area contributed by atoms with Crippen LogP contribution in [0.3, 0.4) is 0 Å². The first-order chi connectivity index (χ1) is 11.5. The largest absolute Gasteiger partial charge is 0.484 e. The molecule has 0 aliphatic carbocycles. The molecule has 4 nitrogen and oxygen atoms in total. The molecule has 3 rings (SSSR count). The van der Waals surface area contributed by atoms with E-state index in [0.29, 0.717) is 5.75 Å². The minimum Gasteiger partial charge on any atom is -0.484 e. The first-order valence-electron chi connectivity index (χ1n) is 7.89. The van der Waals surface area contributed by atoms with Crippen LogP contribution in [0.5, 0.6) is 5.75 Å². The lowest BCUT2D eigenvalue weighted by molar-refractivity contribution is -0.118. The molecule has 0 radical (unpaired) electrons. The summed E-state index contributed by atoms with van der Waals surface area (Å²) in [6.07, 6.45) is 0. The van der Waals surface area contributed by atoms with Crippen molar-refractivity contribution in [2.45, 2.75) is 20.8 Å². The number of hydrogen-bond donors (Lipinski definition) is 1. The Balaban J connectivity index is 1.67. The van der Waals surface area contributed by atoms with E-state index in [4.69, 9.17) is 4.74 Å². The van der Waals surface area contributed by atoms with Gasteiger partial charge >= 0.3 is 0 Å². The topological polar surface area (TPSA) is 51.2 Å². The monoisotopic (exact) mass is 320 g/mol. The molecule has 0 aliphatic rings. The molecule has 2 aromatic carbocycles. The summed E-state index contributed by atoms with van der Waals surface area (Å²) in [5.74, 6) is 0.485. The molecule has 3 aromatic rings. The molecule has 0 bridgehead atoms. The third-order valence-corrected chi connectivity index (χ3v) is 3.88. The predicted molar refractivity (Wildman–Crippen MR) is 96.5 cm³/mol. The van der Waals surface area contributed by atoms with E-state index in [2.05, 4.69) is 10.3 Å². The molecule has 122 valence electrons. The molecule has 0 aliphatic heterocycles. The van der Waals surface area contributed by atoms with Crippen LogP contribution in [0.2, 0.25) is 0 Å². The van der Waals surface area contributed by atoms with Gasteiger partial charge in [0.15, 0.2) is 6.61 Å². The van der Waals surface area contributed by atoms with Crippen molar-refractivity contribution < 1.29 is 9.53 Å². The van der Waals surface area contributed by atoms with E-state index in [1.165, 1.54) is 0 Å². The Morgan fingerprint density at radius 3 is 2.54 bits per heavy atom. The lowest BCUT2D eigenvalue weighted by Gasteiger charge is -2.12. The maximum Gasteiger partial charge on any atom is 0.262 e. The fraction of sp³-hybridized carbons (Fsp3) is 0.200. The number of anilines is 1. The highest BCUT2D eigenvalue weighted by molar-refractivity contribution is 5.93. The summed E-state index contributed by atoms with van der Waals surface area (Å²) in [5.41, 5.74) is 3.51. The number of ether oxygens (including phenoxy) is 1. The third-order valence-electron chi connectivity index (χ3n) is 3.88. The number of amides is 1. The predicted octanol–water partition coefficient (Wildman–Crippen LogP) is 4.18. The van der Waals surface area contributed by atoms with E-state index < -0.39 is 0 Å². The molecule has 1 aromatic heterocycles. The number of benzene rings is 2. The van der Waals surface area contributed by atoms with Crippen LogP contribution in [0.4, 0.5) is 5.69 Å². The SMILES string of the molecule is Cc1cc(C)c(NC(=O)COc2ccc3ccccc3c2)c(C)n1. The van der Waals surface area contributed by atoms with Crippen molar-refractivity contribution in [2.24, 2.45) is 0 Å². The Kier molecular flexibility index (Phi) is 4.47. The summed E-state index contributed by atoms with van der Waals surface area (Å²) >= 11 is 0. The average molecular weight is 320 g/mol. The molecule has 0 atom stereocenters. The molecule has 0 unspecified atom stereocenters. The van der Waals surface area contributed by atoms with Gasteiger partial charge < -0.3 is 10.1 Å². The number of carbonyl (C=O) groups excluding carboxylic acids is 1. The number of carbonyl (C=O) groups is 1. The lowest BCUT2D eigenvalue weighted by Crippen LogP contribution is -2.21. The normalized spacial score (nSPS) is 10.6. The van der Waals surface area contributed by atoms with Gasteiger partial charge in [0, 0.05) is 5.69 Å². The van der Waals surface area contributed by atoms with E-state index in [1.807, 2.05) is 69.3 Å². The summed E-state index contributed by atoms with van der Waals surface area (Å²) in [6, 6.07) is 15.8. The van der Waals surface area contributed by atoms with Crippen LogP contribution in [0.25, 0.3) is 10.8 Å². The Bertz CT molecular complexity index is 880. The van der Waals surface area contributed by atoms with Gasteiger partial charge in [-0.25, -0.2) is 0 Å². The summed E-state index contributed by atoms with van der Waals surface area (Å²) < 4.78 is 5.62. The first kappa shape index (κ1) is 16.0. The van der Waals surface area contributed by atoms with Gasteiger partial charge in [0.1, 0.15) is 5.75 Å². The fourth-order valence-corrected chi connectivity index (χ4v) is 2.79. The molecule has 1 N–H and O–H groups in total. The number of pyridine rings is 1. The minimum absolute atomic E-state index is 0.0366. The molecular formula is C20H20N2O2. The maximum atomic E-state index is 12.2. The molecule has 1 amide bonds. The highest BCUT2D eigenvalue weighted by atomic mass is 16.5. The van der Waals surface area contributed by atoms with Crippen LogP contribution in [0.15, 0.2) is 48.5 Å². The number of hydrogen-bond acceptors (Lipinski definition) is 3. The number of fused-ring (bicyclic) bond motifs is 1. The van der Waals surface area contributed by atoms with Crippen LogP contribution < -0.4 is 10.1 Å². The molecule has 0 saturated heterocycles. The zero-order valence-corrected chi connectivity index (χ0v) is 14.1. The zero-order valence-electron chi connectivity index (χ0n) is 14.1. The number of aryl methyl sites for hydroxylation is 3. The van der Waals surface area contributed by atoms with Crippen molar-refractivity contribution in [1.29, 1.82) is 0 Å². The molecule has 0 fully saturated rings. The number of aromatic nitrogens is 1. The Hall–Kier alpha value is -2.88. The van der Waals surface area contributed by atoms with Crippen LogP contribution in [0, 0.1) is 20.8 Å². The Morgan fingerprint density at radius 2 is 1.79 bits per heavy atom. The summed E-state index contributed by atoms with van der Waals surface area (Å²) in [6.45, 7) is 5.75. The molecule has 4 heteroatoms. The summed E-state index contributed by atoms with van der Waals surface area (Å²) in [5, 5.41) is 5.12. The summed E-state index contributed by atoms with van der Waals surface area (Å²) in [4.78, 5) is 16.6. The maximum absolute atomic E-state index is 12.2. The Morgan fingerprint density at radius 1 is 1.04 bits per heavy atom. The van der Waals surface area contributed by atoms with E-state index in [-0.39, 0.29) is 12.5 Å². The van der Waals surface area contributed by atoms with Crippen molar-refractivity contribution in [3.8, 4) is 5.75 Å². The third kappa shape index (κ3) is 3.54. The van der Waals surface area contributed by atoms with E-state index >= 15 is 0 Å². The second-order valence-electron chi connectivity index (χ2n) is 5.89. The van der Waals surface area contributed by atoms with Gasteiger partial charge in [-0.1, -0.05) is 30.3 Å². The van der Waals surface area contributed by atoms with E-state index in [1.54, 1.807) is 0 Å². The fourth-order valence-electron chi connectivity index (χ4n) is 2.79. The number of nitrogens with zero attached hydrogens (tertiary/aromatic N) is 1. The van der Waals surface area contributed by atoms with Crippen molar-refractivity contribution in [2.75, 3.05) is 11.9 Å². The smallest absolute Gasteiger partial charge is 0.262 e. The standard InChI is InChI=1S/C20H20N2O2/c1-13-10-14(2)21-15(3)20(13)22-19(23)12-24-18-9-8-16-6-4-5-7-17(16)11-18/h4-11H,12H2,1-3H3,(H,22,23). The number of nitrogens with one attached hydrogen (secondary N) is 1. The van der Waals surface area contributed by atoms with Crippen LogP contribution in [-0.2, 0) is 4.79 Å². The van der Waals surface area contributed by atoms with Gasteiger partial charge in [0.25, 0.3) is 5.91 Å². The minimum atomic E-state index is -0.194. The van der Waals surface area contributed by atoms with Gasteiger partial charge in [-0.15, -0.1) is 0 Å². The van der Waals surface area contributed by atoms with Gasteiger partial charge in [0.2, 0.25) is 0 Å². The number of rotatable bonds is 4. The summed E-state index contributed by atoms with van der Waals surface area (Å²) in [7, 11) is 0. The molecular weight excluding hydrogens is 300 g/mol. The van der Waals surface area contributed by atoms with Crippen molar-refractivity contribution in [1.82, 2.24) is 4.98 Å². The molecule has 0 spiro atoms. The van der Waals surface area contributed by atoms with Gasteiger partial charge in [-0.2, -0.15) is 0 Å². The highest BCUT2D eigenvalue weighted by Crippen LogP contribution is 2.21.